The third kappa shape index (κ3) is 2.76. The fraction of sp³-hybridized carbons (Fsp3) is 0.500. The SMILES string of the molecule is FC(F)(F)c1cccc(CC2CCNC2)c1. The Kier molecular flexibility index (Phi) is 3.19. The summed E-state index contributed by atoms with van der Waals surface area (Å²) in [7, 11) is 0. The van der Waals surface area contributed by atoms with Crippen LogP contribution in [0.25, 0.3) is 0 Å². The van der Waals surface area contributed by atoms with Crippen LogP contribution in [0.1, 0.15) is 17.5 Å². The number of nitrogens with one attached hydrogen (secondary N) is 1. The van der Waals surface area contributed by atoms with Crippen LogP contribution in [-0.4, -0.2) is 13.1 Å². The Balaban J connectivity index is 2.09. The van der Waals surface area contributed by atoms with Gasteiger partial charge in [0.05, 0.1) is 5.56 Å². The summed E-state index contributed by atoms with van der Waals surface area (Å²) in [6.07, 6.45) is -2.45. The fourth-order valence-electron chi connectivity index (χ4n) is 2.10. The molecule has 1 aliphatic rings. The molecular weight excluding hydrogens is 215 g/mol. The van der Waals surface area contributed by atoms with Crippen LogP contribution in [0.4, 0.5) is 13.2 Å². The number of benzene rings is 1. The normalized spacial score (nSPS) is 21.3. The third-order valence-electron chi connectivity index (χ3n) is 2.94. The highest BCUT2D eigenvalue weighted by Crippen LogP contribution is 2.30. The maximum atomic E-state index is 12.5. The van der Waals surface area contributed by atoms with Crippen LogP contribution in [0, 0.1) is 5.92 Å². The van der Waals surface area contributed by atoms with Crippen molar-refractivity contribution in [3.8, 4) is 0 Å². The zero-order valence-corrected chi connectivity index (χ0v) is 8.85. The molecule has 1 unspecified atom stereocenters. The first kappa shape index (κ1) is 11.5. The predicted octanol–water partition coefficient (Wildman–Crippen LogP) is 2.86. The monoisotopic (exact) mass is 229 g/mol. The van der Waals surface area contributed by atoms with Gasteiger partial charge in [0.1, 0.15) is 0 Å². The molecule has 1 fully saturated rings. The lowest BCUT2D eigenvalue weighted by molar-refractivity contribution is -0.137. The zero-order valence-electron chi connectivity index (χ0n) is 8.85. The van der Waals surface area contributed by atoms with E-state index in [1.165, 1.54) is 12.1 Å². The molecule has 0 radical (unpaired) electrons. The average Bonchev–Trinajstić information content (AvgIpc) is 2.70. The summed E-state index contributed by atoms with van der Waals surface area (Å²) in [5.74, 6) is 0.475. The van der Waals surface area contributed by atoms with E-state index in [9.17, 15) is 13.2 Å². The van der Waals surface area contributed by atoms with Crippen LogP contribution >= 0.6 is 0 Å². The largest absolute Gasteiger partial charge is 0.416 e. The minimum atomic E-state index is -4.23. The zero-order chi connectivity index (χ0) is 11.6. The maximum Gasteiger partial charge on any atom is 0.416 e. The summed E-state index contributed by atoms with van der Waals surface area (Å²) >= 11 is 0. The molecule has 0 spiro atoms. The van der Waals surface area contributed by atoms with Gasteiger partial charge in [-0.2, -0.15) is 13.2 Å². The first-order chi connectivity index (χ1) is 7.55. The van der Waals surface area contributed by atoms with Gasteiger partial charge in [0.2, 0.25) is 0 Å². The molecule has 2 rings (SSSR count). The van der Waals surface area contributed by atoms with Crippen molar-refractivity contribution in [1.29, 1.82) is 0 Å². The molecule has 1 N–H and O–H groups in total. The minimum absolute atomic E-state index is 0.475. The van der Waals surface area contributed by atoms with Crippen molar-refractivity contribution in [2.45, 2.75) is 19.0 Å². The number of rotatable bonds is 2. The van der Waals surface area contributed by atoms with Gasteiger partial charge in [0.15, 0.2) is 0 Å². The van der Waals surface area contributed by atoms with Gasteiger partial charge >= 0.3 is 6.18 Å². The van der Waals surface area contributed by atoms with Crippen molar-refractivity contribution in [1.82, 2.24) is 5.32 Å². The molecule has 0 aromatic heterocycles. The summed E-state index contributed by atoms with van der Waals surface area (Å²) in [6.45, 7) is 1.89. The molecule has 1 saturated heterocycles. The molecule has 0 aliphatic carbocycles. The molecule has 4 heteroatoms. The van der Waals surface area contributed by atoms with E-state index in [0.717, 1.165) is 37.6 Å². The molecule has 1 atom stereocenters. The van der Waals surface area contributed by atoms with Gasteiger partial charge in [-0.1, -0.05) is 18.2 Å². The molecule has 0 saturated carbocycles. The van der Waals surface area contributed by atoms with Crippen LogP contribution < -0.4 is 5.32 Å². The summed E-state index contributed by atoms with van der Waals surface area (Å²) in [5, 5.41) is 3.22. The van der Waals surface area contributed by atoms with Gasteiger partial charge in [0.25, 0.3) is 0 Å². The maximum absolute atomic E-state index is 12.5. The Bertz CT molecular complexity index is 354. The molecule has 1 nitrogen and oxygen atoms in total. The first-order valence-corrected chi connectivity index (χ1v) is 5.42. The molecule has 1 aliphatic heterocycles. The Morgan fingerprint density at radius 1 is 1.31 bits per heavy atom. The summed E-state index contributed by atoms with van der Waals surface area (Å²) in [5.41, 5.74) is 0.236. The first-order valence-electron chi connectivity index (χ1n) is 5.42. The van der Waals surface area contributed by atoms with Gasteiger partial charge in [0, 0.05) is 0 Å². The molecule has 1 heterocycles. The molecule has 16 heavy (non-hydrogen) atoms. The van der Waals surface area contributed by atoms with Gasteiger partial charge in [-0.25, -0.2) is 0 Å². The Labute approximate surface area is 92.7 Å². The smallest absolute Gasteiger partial charge is 0.316 e. The van der Waals surface area contributed by atoms with Gasteiger partial charge in [-0.15, -0.1) is 0 Å². The lowest BCUT2D eigenvalue weighted by Gasteiger charge is -2.11. The number of alkyl halides is 3. The van der Waals surface area contributed by atoms with E-state index >= 15 is 0 Å². The average molecular weight is 229 g/mol. The van der Waals surface area contributed by atoms with Crippen molar-refractivity contribution in [3.05, 3.63) is 35.4 Å². The van der Waals surface area contributed by atoms with E-state index < -0.39 is 11.7 Å². The number of hydrogen-bond acceptors (Lipinski definition) is 1. The Hall–Kier alpha value is -1.03. The summed E-state index contributed by atoms with van der Waals surface area (Å²) < 4.78 is 37.4. The lowest BCUT2D eigenvalue weighted by atomic mass is 9.97. The number of hydrogen-bond donors (Lipinski definition) is 1. The fourth-order valence-corrected chi connectivity index (χ4v) is 2.10. The lowest BCUT2D eigenvalue weighted by Crippen LogP contribution is -2.11. The minimum Gasteiger partial charge on any atom is -0.316 e. The van der Waals surface area contributed by atoms with E-state index in [1.807, 2.05) is 0 Å². The van der Waals surface area contributed by atoms with Gasteiger partial charge < -0.3 is 5.32 Å². The van der Waals surface area contributed by atoms with E-state index in [-0.39, 0.29) is 0 Å². The molecule has 0 amide bonds. The van der Waals surface area contributed by atoms with Crippen LogP contribution in [-0.2, 0) is 12.6 Å². The Morgan fingerprint density at radius 3 is 2.75 bits per heavy atom. The van der Waals surface area contributed by atoms with Crippen molar-refractivity contribution in [2.75, 3.05) is 13.1 Å². The molecular formula is C12H14F3N. The third-order valence-corrected chi connectivity index (χ3v) is 2.94. The molecule has 1 aromatic rings. The second-order valence-corrected chi connectivity index (χ2v) is 4.26. The van der Waals surface area contributed by atoms with E-state index in [1.54, 1.807) is 6.07 Å². The second kappa shape index (κ2) is 4.45. The van der Waals surface area contributed by atoms with Crippen LogP contribution in [0.2, 0.25) is 0 Å². The highest BCUT2D eigenvalue weighted by atomic mass is 19.4. The summed E-state index contributed by atoms with van der Waals surface area (Å²) in [6, 6.07) is 5.64. The van der Waals surface area contributed by atoms with Crippen LogP contribution in [0.15, 0.2) is 24.3 Å². The van der Waals surface area contributed by atoms with Crippen LogP contribution in [0.3, 0.4) is 0 Å². The molecule has 1 aromatic carbocycles. The second-order valence-electron chi connectivity index (χ2n) is 4.26. The Morgan fingerprint density at radius 2 is 2.12 bits per heavy atom. The summed E-state index contributed by atoms with van der Waals surface area (Å²) in [4.78, 5) is 0. The van der Waals surface area contributed by atoms with E-state index in [4.69, 9.17) is 0 Å². The highest BCUT2D eigenvalue weighted by molar-refractivity contribution is 5.26. The van der Waals surface area contributed by atoms with Crippen molar-refractivity contribution < 1.29 is 13.2 Å². The van der Waals surface area contributed by atoms with E-state index in [0.29, 0.717) is 5.92 Å². The molecule has 0 bridgehead atoms. The highest BCUT2D eigenvalue weighted by Gasteiger charge is 2.30. The quantitative estimate of drug-likeness (QED) is 0.822. The van der Waals surface area contributed by atoms with Crippen molar-refractivity contribution in [2.24, 2.45) is 5.92 Å². The predicted molar refractivity (Wildman–Crippen MR) is 56.1 cm³/mol. The van der Waals surface area contributed by atoms with E-state index in [2.05, 4.69) is 5.32 Å². The van der Waals surface area contributed by atoms with Crippen molar-refractivity contribution in [3.63, 3.8) is 0 Å². The van der Waals surface area contributed by atoms with Gasteiger partial charge in [-0.05, 0) is 43.5 Å². The standard InChI is InChI=1S/C12H14F3N/c13-12(14,15)11-3-1-2-9(7-11)6-10-4-5-16-8-10/h1-3,7,10,16H,4-6,8H2. The van der Waals surface area contributed by atoms with Gasteiger partial charge in [-0.3, -0.25) is 0 Å². The van der Waals surface area contributed by atoms with Crippen molar-refractivity contribution >= 4 is 0 Å². The number of halogens is 3. The topological polar surface area (TPSA) is 12.0 Å². The van der Waals surface area contributed by atoms with Crippen LogP contribution in [0.5, 0.6) is 0 Å². The molecule has 88 valence electrons.